The maximum atomic E-state index is 6.56. The van der Waals surface area contributed by atoms with Crippen molar-refractivity contribution in [1.29, 1.82) is 0 Å². The Bertz CT molecular complexity index is 458. The van der Waals surface area contributed by atoms with Crippen LogP contribution in [0, 0.1) is 5.92 Å². The number of hydrogen-bond donors (Lipinski definition) is 1. The minimum absolute atomic E-state index is 0.716. The van der Waals surface area contributed by atoms with Gasteiger partial charge < -0.3 is 10.2 Å². The maximum Gasteiger partial charge on any atom is 0.0643 e. The second-order valence-electron chi connectivity index (χ2n) is 6.23. The molecule has 2 atom stereocenters. The van der Waals surface area contributed by atoms with Crippen molar-refractivity contribution in [3.05, 3.63) is 28.8 Å². The van der Waals surface area contributed by atoms with Gasteiger partial charge in [-0.3, -0.25) is 0 Å². The molecule has 0 spiro atoms. The molecule has 0 radical (unpaired) electrons. The van der Waals surface area contributed by atoms with E-state index in [1.807, 2.05) is 13.1 Å². The van der Waals surface area contributed by atoms with E-state index in [9.17, 15) is 0 Å². The fourth-order valence-electron chi connectivity index (χ4n) is 4.12. The number of benzene rings is 1. The topological polar surface area (TPSA) is 15.3 Å². The highest BCUT2D eigenvalue weighted by Gasteiger charge is 2.34. The number of nitrogens with one attached hydrogen (secondary N) is 1. The van der Waals surface area contributed by atoms with Crippen molar-refractivity contribution >= 4 is 17.3 Å². The van der Waals surface area contributed by atoms with Gasteiger partial charge in [-0.25, -0.2) is 0 Å². The van der Waals surface area contributed by atoms with Gasteiger partial charge in [-0.2, -0.15) is 0 Å². The number of nitrogens with zero attached hydrogens (tertiary/aromatic N) is 1. The van der Waals surface area contributed by atoms with Crippen LogP contribution >= 0.6 is 11.6 Å². The average molecular weight is 293 g/mol. The smallest absolute Gasteiger partial charge is 0.0643 e. The summed E-state index contributed by atoms with van der Waals surface area (Å²) in [7, 11) is 2.00. The molecule has 3 heteroatoms. The van der Waals surface area contributed by atoms with Gasteiger partial charge in [0.1, 0.15) is 0 Å². The van der Waals surface area contributed by atoms with Crippen LogP contribution in [0.25, 0.3) is 0 Å². The van der Waals surface area contributed by atoms with E-state index in [0.717, 1.165) is 17.5 Å². The van der Waals surface area contributed by atoms with Gasteiger partial charge in [-0.05, 0) is 50.3 Å². The van der Waals surface area contributed by atoms with Crippen LogP contribution < -0.4 is 10.2 Å². The zero-order valence-corrected chi connectivity index (χ0v) is 13.1. The number of fused-ring (bicyclic) bond motifs is 1. The fraction of sp³-hybridized carbons (Fsp3) is 0.647. The van der Waals surface area contributed by atoms with Gasteiger partial charge in [-0.1, -0.05) is 36.6 Å². The van der Waals surface area contributed by atoms with Gasteiger partial charge in [-0.15, -0.1) is 0 Å². The summed E-state index contributed by atoms with van der Waals surface area (Å²) in [5.41, 5.74) is 2.63. The Morgan fingerprint density at radius 2 is 2.00 bits per heavy atom. The van der Waals surface area contributed by atoms with Crippen molar-refractivity contribution in [3.63, 3.8) is 0 Å². The molecule has 2 aliphatic rings. The van der Waals surface area contributed by atoms with Gasteiger partial charge in [0, 0.05) is 19.1 Å². The number of anilines is 1. The first-order valence-corrected chi connectivity index (χ1v) is 8.37. The summed E-state index contributed by atoms with van der Waals surface area (Å²) in [6.45, 7) is 2.06. The Kier molecular flexibility index (Phi) is 4.52. The second kappa shape index (κ2) is 6.36. The molecule has 0 bridgehead atoms. The normalized spacial score (nSPS) is 26.4. The summed E-state index contributed by atoms with van der Waals surface area (Å²) in [6.07, 6.45) is 8.27. The zero-order valence-electron chi connectivity index (χ0n) is 12.4. The molecule has 1 aliphatic heterocycles. The molecular weight excluding hydrogens is 268 g/mol. The van der Waals surface area contributed by atoms with Crippen molar-refractivity contribution in [1.82, 2.24) is 5.32 Å². The Balaban J connectivity index is 1.94. The summed E-state index contributed by atoms with van der Waals surface area (Å²) < 4.78 is 0. The van der Waals surface area contributed by atoms with Crippen LogP contribution in [0.1, 0.15) is 44.1 Å². The van der Waals surface area contributed by atoms with Crippen molar-refractivity contribution in [3.8, 4) is 0 Å². The average Bonchev–Trinajstić information content (AvgIpc) is 2.48. The molecule has 0 unspecified atom stereocenters. The van der Waals surface area contributed by atoms with Crippen LogP contribution in [0.2, 0.25) is 5.02 Å². The predicted molar refractivity (Wildman–Crippen MR) is 86.5 cm³/mol. The third-order valence-electron chi connectivity index (χ3n) is 4.97. The predicted octanol–water partition coefficient (Wildman–Crippen LogP) is 4.22. The van der Waals surface area contributed by atoms with Crippen molar-refractivity contribution in [2.24, 2.45) is 5.92 Å². The molecular formula is C17H25ClN2. The highest BCUT2D eigenvalue weighted by molar-refractivity contribution is 6.33. The third-order valence-corrected chi connectivity index (χ3v) is 5.27. The number of hydrogen-bond acceptors (Lipinski definition) is 2. The first-order valence-electron chi connectivity index (χ1n) is 8.00. The Hall–Kier alpha value is -0.730. The first-order chi connectivity index (χ1) is 9.81. The molecule has 1 saturated carbocycles. The number of halogens is 1. The molecule has 1 N–H and O–H groups in total. The highest BCUT2D eigenvalue weighted by atomic mass is 35.5. The summed E-state index contributed by atoms with van der Waals surface area (Å²) in [4.78, 5) is 2.63. The Morgan fingerprint density at radius 1 is 1.20 bits per heavy atom. The molecule has 1 aromatic carbocycles. The Labute approximate surface area is 127 Å². The molecule has 110 valence electrons. The minimum Gasteiger partial charge on any atom is -0.367 e. The summed E-state index contributed by atoms with van der Waals surface area (Å²) in [5.74, 6) is 0.885. The highest BCUT2D eigenvalue weighted by Crippen LogP contribution is 2.41. The number of para-hydroxylation sites is 1. The third kappa shape index (κ3) is 2.68. The lowest BCUT2D eigenvalue weighted by atomic mass is 9.78. The van der Waals surface area contributed by atoms with Gasteiger partial charge in [0.05, 0.1) is 10.7 Å². The Morgan fingerprint density at radius 3 is 2.85 bits per heavy atom. The molecule has 2 nitrogen and oxygen atoms in total. The van der Waals surface area contributed by atoms with Crippen molar-refractivity contribution in [2.45, 2.75) is 51.1 Å². The quantitative estimate of drug-likeness (QED) is 0.897. The van der Waals surface area contributed by atoms with Crippen LogP contribution in [-0.4, -0.2) is 19.6 Å². The van der Waals surface area contributed by atoms with Gasteiger partial charge in [0.15, 0.2) is 0 Å². The molecule has 1 aromatic rings. The van der Waals surface area contributed by atoms with E-state index in [4.69, 9.17) is 11.6 Å². The largest absolute Gasteiger partial charge is 0.367 e. The SMILES string of the molecule is CNCc1cccc(Cl)c1N1CCC[C@H]2CCCC[C@H]21. The minimum atomic E-state index is 0.716. The van der Waals surface area contributed by atoms with Crippen LogP contribution in [0.4, 0.5) is 5.69 Å². The molecule has 20 heavy (non-hydrogen) atoms. The summed E-state index contributed by atoms with van der Waals surface area (Å²) >= 11 is 6.56. The van der Waals surface area contributed by atoms with Crippen LogP contribution in [0.5, 0.6) is 0 Å². The molecule has 3 rings (SSSR count). The lowest BCUT2D eigenvalue weighted by Crippen LogP contribution is -2.47. The molecule has 1 heterocycles. The van der Waals surface area contributed by atoms with E-state index < -0.39 is 0 Å². The van der Waals surface area contributed by atoms with Gasteiger partial charge >= 0.3 is 0 Å². The standard InChI is InChI=1S/C17H25ClN2/c1-19-12-14-7-4-9-15(18)17(14)20-11-5-8-13-6-2-3-10-16(13)20/h4,7,9,13,16,19H,2-3,5-6,8,10-12H2,1H3/t13-,16-/m1/s1. The van der Waals surface area contributed by atoms with Crippen LogP contribution in [-0.2, 0) is 6.54 Å². The molecule has 2 fully saturated rings. The molecule has 0 aromatic heterocycles. The summed E-state index contributed by atoms with van der Waals surface area (Å²) in [6, 6.07) is 7.04. The first kappa shape index (κ1) is 14.2. The van der Waals surface area contributed by atoms with E-state index in [-0.39, 0.29) is 0 Å². The lowest BCUT2D eigenvalue weighted by molar-refractivity contribution is 0.243. The zero-order chi connectivity index (χ0) is 13.9. The van der Waals surface area contributed by atoms with E-state index in [1.165, 1.54) is 56.3 Å². The molecule has 0 amide bonds. The summed E-state index contributed by atoms with van der Waals surface area (Å²) in [5, 5.41) is 4.20. The van der Waals surface area contributed by atoms with E-state index in [1.54, 1.807) is 0 Å². The van der Waals surface area contributed by atoms with E-state index >= 15 is 0 Å². The molecule has 1 saturated heterocycles. The lowest BCUT2D eigenvalue weighted by Gasteiger charge is -2.46. The number of piperidine rings is 1. The fourth-order valence-corrected chi connectivity index (χ4v) is 4.42. The molecule has 1 aliphatic carbocycles. The van der Waals surface area contributed by atoms with Crippen LogP contribution in [0.15, 0.2) is 18.2 Å². The van der Waals surface area contributed by atoms with Gasteiger partial charge in [0.2, 0.25) is 0 Å². The van der Waals surface area contributed by atoms with Crippen molar-refractivity contribution in [2.75, 3.05) is 18.5 Å². The van der Waals surface area contributed by atoms with Crippen molar-refractivity contribution < 1.29 is 0 Å². The van der Waals surface area contributed by atoms with Gasteiger partial charge in [0.25, 0.3) is 0 Å². The number of rotatable bonds is 3. The monoisotopic (exact) mass is 292 g/mol. The van der Waals surface area contributed by atoms with E-state index in [0.29, 0.717) is 6.04 Å². The van der Waals surface area contributed by atoms with E-state index in [2.05, 4.69) is 22.3 Å². The van der Waals surface area contributed by atoms with Crippen LogP contribution in [0.3, 0.4) is 0 Å². The second-order valence-corrected chi connectivity index (χ2v) is 6.63. The maximum absolute atomic E-state index is 6.56.